The number of aromatic hydroxyl groups is 1. The monoisotopic (exact) mass is 325 g/mol. The van der Waals surface area contributed by atoms with E-state index in [1.807, 2.05) is 12.1 Å². The Morgan fingerprint density at radius 2 is 1.92 bits per heavy atom. The van der Waals surface area contributed by atoms with Crippen molar-refractivity contribution in [2.45, 2.75) is 0 Å². The summed E-state index contributed by atoms with van der Waals surface area (Å²) in [6, 6.07) is 10.1. The Bertz CT molecular complexity index is 886. The van der Waals surface area contributed by atoms with Crippen molar-refractivity contribution in [3.63, 3.8) is 0 Å². The number of amides is 1. The van der Waals surface area contributed by atoms with Crippen molar-refractivity contribution in [3.05, 3.63) is 42.0 Å². The predicted octanol–water partition coefficient (Wildman–Crippen LogP) is 0.187. The minimum Gasteiger partial charge on any atom is -0.508 e. The highest BCUT2D eigenvalue weighted by atomic mass is 16.3. The van der Waals surface area contributed by atoms with Gasteiger partial charge < -0.3 is 14.9 Å². The number of benzene rings is 1. The van der Waals surface area contributed by atoms with Crippen LogP contribution in [0.15, 0.2) is 36.4 Å². The van der Waals surface area contributed by atoms with E-state index in [9.17, 15) is 9.90 Å². The van der Waals surface area contributed by atoms with Gasteiger partial charge >= 0.3 is 0 Å². The molecule has 4 rings (SSSR count). The van der Waals surface area contributed by atoms with Crippen molar-refractivity contribution in [1.82, 2.24) is 30.2 Å². The van der Waals surface area contributed by atoms with Crippen LogP contribution in [-0.4, -0.2) is 67.3 Å². The molecule has 0 unspecified atom stereocenters. The number of tetrazole rings is 1. The molecule has 1 aliphatic rings. The molecule has 3 heterocycles. The molecule has 9 heteroatoms. The molecule has 1 aliphatic heterocycles. The Hall–Kier alpha value is -3.23. The number of anilines is 1. The third-order valence-corrected chi connectivity index (χ3v) is 4.04. The number of carbonyl (C=O) groups excluding carboxylic acids is 1. The van der Waals surface area contributed by atoms with Crippen molar-refractivity contribution in [3.8, 4) is 5.75 Å². The highest BCUT2D eigenvalue weighted by Gasteiger charge is 2.23. The summed E-state index contributed by atoms with van der Waals surface area (Å²) in [5.41, 5.74) is 1.09. The zero-order chi connectivity index (χ0) is 16.5. The lowest BCUT2D eigenvalue weighted by molar-refractivity contribution is 0.0746. The maximum atomic E-state index is 12.5. The van der Waals surface area contributed by atoms with Crippen LogP contribution in [-0.2, 0) is 0 Å². The summed E-state index contributed by atoms with van der Waals surface area (Å²) in [6.45, 7) is 2.52. The topological polar surface area (TPSA) is 99.8 Å². The minimum atomic E-state index is -0.0746. The molecule has 1 N–H and O–H groups in total. The molecule has 0 saturated carbocycles. The fraction of sp³-hybridized carbons (Fsp3) is 0.267. The van der Waals surface area contributed by atoms with Crippen molar-refractivity contribution >= 4 is 17.4 Å². The molecule has 1 fully saturated rings. The Balaban J connectivity index is 1.45. The SMILES string of the molecule is O=C(c1cccc(O)c1)N1CCN(c2ccc3nnnn3n2)CC1. The van der Waals surface area contributed by atoms with Gasteiger partial charge in [0.1, 0.15) is 5.75 Å². The zero-order valence-electron chi connectivity index (χ0n) is 12.8. The van der Waals surface area contributed by atoms with Gasteiger partial charge in [0, 0.05) is 31.7 Å². The molecule has 0 atom stereocenters. The molecule has 122 valence electrons. The number of phenols is 1. The molecule has 1 amide bonds. The average Bonchev–Trinajstić information content (AvgIpc) is 3.09. The summed E-state index contributed by atoms with van der Waals surface area (Å²) in [6.07, 6.45) is 0. The van der Waals surface area contributed by atoms with Gasteiger partial charge in [-0.3, -0.25) is 4.79 Å². The average molecular weight is 325 g/mol. The van der Waals surface area contributed by atoms with Crippen LogP contribution in [0.1, 0.15) is 10.4 Å². The zero-order valence-corrected chi connectivity index (χ0v) is 12.8. The van der Waals surface area contributed by atoms with Crippen LogP contribution < -0.4 is 4.90 Å². The Morgan fingerprint density at radius 1 is 1.08 bits per heavy atom. The van der Waals surface area contributed by atoms with Gasteiger partial charge in [0.05, 0.1) is 0 Å². The van der Waals surface area contributed by atoms with Gasteiger partial charge in [-0.1, -0.05) is 6.07 Å². The Morgan fingerprint density at radius 3 is 2.71 bits per heavy atom. The number of piperazine rings is 1. The standard InChI is InChI=1S/C15H15N7O2/c23-12-3-1-2-11(10-12)15(24)21-8-6-20(7-9-21)14-5-4-13-16-18-19-22(13)17-14/h1-5,10,23H,6-9H2. The first-order valence-electron chi connectivity index (χ1n) is 7.59. The lowest BCUT2D eigenvalue weighted by Gasteiger charge is -2.35. The molecule has 1 aromatic carbocycles. The van der Waals surface area contributed by atoms with Crippen LogP contribution in [0.2, 0.25) is 0 Å². The van der Waals surface area contributed by atoms with Gasteiger partial charge in [-0.2, -0.15) is 0 Å². The highest BCUT2D eigenvalue weighted by Crippen LogP contribution is 2.17. The molecular formula is C15H15N7O2. The molecule has 2 aromatic heterocycles. The van der Waals surface area contributed by atoms with Gasteiger partial charge in [-0.15, -0.1) is 14.8 Å². The molecule has 0 bridgehead atoms. The van der Waals surface area contributed by atoms with E-state index < -0.39 is 0 Å². The molecule has 24 heavy (non-hydrogen) atoms. The van der Waals surface area contributed by atoms with Gasteiger partial charge in [0.25, 0.3) is 5.91 Å². The van der Waals surface area contributed by atoms with Gasteiger partial charge in [-0.05, 0) is 40.8 Å². The Kier molecular flexibility index (Phi) is 3.45. The van der Waals surface area contributed by atoms with Gasteiger partial charge in [-0.25, -0.2) is 0 Å². The minimum absolute atomic E-state index is 0.0746. The lowest BCUT2D eigenvalue weighted by Crippen LogP contribution is -2.49. The number of fused-ring (bicyclic) bond motifs is 1. The maximum absolute atomic E-state index is 12.5. The predicted molar refractivity (Wildman–Crippen MR) is 84.8 cm³/mol. The van der Waals surface area contributed by atoms with Crippen molar-refractivity contribution in [1.29, 1.82) is 0 Å². The molecule has 0 spiro atoms. The summed E-state index contributed by atoms with van der Waals surface area (Å²) in [4.78, 5) is 16.4. The maximum Gasteiger partial charge on any atom is 0.254 e. The number of aromatic nitrogens is 5. The second-order valence-corrected chi connectivity index (χ2v) is 5.55. The molecular weight excluding hydrogens is 310 g/mol. The molecule has 9 nitrogen and oxygen atoms in total. The molecule has 3 aromatic rings. The fourth-order valence-electron chi connectivity index (χ4n) is 2.77. The first kappa shape index (κ1) is 14.4. The summed E-state index contributed by atoms with van der Waals surface area (Å²) < 4.78 is 1.39. The number of rotatable bonds is 2. The summed E-state index contributed by atoms with van der Waals surface area (Å²) >= 11 is 0. The van der Waals surface area contributed by atoms with E-state index in [4.69, 9.17) is 0 Å². The van der Waals surface area contributed by atoms with Crippen molar-refractivity contribution in [2.24, 2.45) is 0 Å². The van der Waals surface area contributed by atoms with Crippen LogP contribution in [0.25, 0.3) is 5.65 Å². The van der Waals surface area contributed by atoms with Gasteiger partial charge in [0.2, 0.25) is 0 Å². The van der Waals surface area contributed by atoms with E-state index in [2.05, 4.69) is 25.5 Å². The van der Waals surface area contributed by atoms with E-state index >= 15 is 0 Å². The second-order valence-electron chi connectivity index (χ2n) is 5.55. The van der Waals surface area contributed by atoms with E-state index in [1.54, 1.807) is 23.1 Å². The van der Waals surface area contributed by atoms with Gasteiger partial charge in [0.15, 0.2) is 11.5 Å². The number of hydrogen-bond donors (Lipinski definition) is 1. The third-order valence-electron chi connectivity index (χ3n) is 4.04. The number of phenolic OH excluding ortho intramolecular Hbond substituents is 1. The van der Waals surface area contributed by atoms with Crippen LogP contribution in [0, 0.1) is 0 Å². The van der Waals surface area contributed by atoms with E-state index in [1.165, 1.54) is 10.7 Å². The van der Waals surface area contributed by atoms with E-state index in [0.29, 0.717) is 37.4 Å². The lowest BCUT2D eigenvalue weighted by atomic mass is 10.1. The van der Waals surface area contributed by atoms with Crippen molar-refractivity contribution < 1.29 is 9.90 Å². The second kappa shape index (κ2) is 5.76. The highest BCUT2D eigenvalue weighted by molar-refractivity contribution is 5.94. The summed E-state index contributed by atoms with van der Waals surface area (Å²) in [5, 5.41) is 25.1. The molecule has 0 radical (unpaired) electrons. The van der Waals surface area contributed by atoms with Crippen LogP contribution in [0.3, 0.4) is 0 Å². The summed E-state index contributed by atoms with van der Waals surface area (Å²) in [7, 11) is 0. The number of nitrogens with zero attached hydrogens (tertiary/aromatic N) is 7. The summed E-state index contributed by atoms with van der Waals surface area (Å²) in [5.74, 6) is 0.798. The van der Waals surface area contributed by atoms with Crippen LogP contribution in [0.4, 0.5) is 5.82 Å². The van der Waals surface area contributed by atoms with Crippen LogP contribution >= 0.6 is 0 Å². The quantitative estimate of drug-likeness (QED) is 0.718. The Labute approximate surface area is 137 Å². The molecule has 0 aliphatic carbocycles. The third kappa shape index (κ3) is 2.60. The molecule has 1 saturated heterocycles. The first-order valence-corrected chi connectivity index (χ1v) is 7.59. The normalized spacial score (nSPS) is 15.0. The smallest absolute Gasteiger partial charge is 0.254 e. The largest absolute Gasteiger partial charge is 0.508 e. The van der Waals surface area contributed by atoms with E-state index in [-0.39, 0.29) is 11.7 Å². The van der Waals surface area contributed by atoms with E-state index in [0.717, 1.165) is 5.82 Å². The first-order chi connectivity index (χ1) is 11.7. The number of hydrogen-bond acceptors (Lipinski definition) is 7. The van der Waals surface area contributed by atoms with Crippen molar-refractivity contribution in [2.75, 3.05) is 31.1 Å². The van der Waals surface area contributed by atoms with Crippen LogP contribution in [0.5, 0.6) is 5.75 Å². The fourth-order valence-corrected chi connectivity index (χ4v) is 2.77. The number of carbonyl (C=O) groups is 1.